The standard InChI is InChI=1S/C12H16N2O2.ClH/c1-9-2-3-10(13)8-11(9)12(15)14-4-6-16-7-5-14;/h2-3,8H,4-7,13H2,1H3;1H. The number of morpholine rings is 1. The summed E-state index contributed by atoms with van der Waals surface area (Å²) in [6.45, 7) is 4.48. The van der Waals surface area contributed by atoms with E-state index in [-0.39, 0.29) is 18.3 Å². The molecule has 1 aromatic rings. The molecule has 1 aliphatic heterocycles. The van der Waals surface area contributed by atoms with Crippen molar-refractivity contribution in [1.82, 2.24) is 4.90 Å². The Kier molecular flexibility index (Phi) is 4.78. The van der Waals surface area contributed by atoms with Gasteiger partial charge < -0.3 is 15.4 Å². The second-order valence-electron chi connectivity index (χ2n) is 3.98. The number of aryl methyl sites for hydroxylation is 1. The molecule has 2 rings (SSSR count). The third-order valence-electron chi connectivity index (χ3n) is 2.79. The molecule has 1 aliphatic rings. The highest BCUT2D eigenvalue weighted by Crippen LogP contribution is 2.15. The van der Waals surface area contributed by atoms with Crippen molar-refractivity contribution < 1.29 is 9.53 Å². The first-order valence-electron chi connectivity index (χ1n) is 5.41. The number of hydrogen-bond acceptors (Lipinski definition) is 3. The van der Waals surface area contributed by atoms with E-state index in [9.17, 15) is 4.79 Å². The zero-order chi connectivity index (χ0) is 11.5. The maximum absolute atomic E-state index is 12.2. The highest BCUT2D eigenvalue weighted by atomic mass is 35.5. The first-order chi connectivity index (χ1) is 7.68. The molecule has 17 heavy (non-hydrogen) atoms. The molecule has 2 N–H and O–H groups in total. The summed E-state index contributed by atoms with van der Waals surface area (Å²) in [6.07, 6.45) is 0. The average molecular weight is 257 g/mol. The molecule has 0 atom stereocenters. The molecule has 5 heteroatoms. The van der Waals surface area contributed by atoms with Crippen LogP contribution in [0.2, 0.25) is 0 Å². The fourth-order valence-corrected chi connectivity index (χ4v) is 1.81. The zero-order valence-corrected chi connectivity index (χ0v) is 10.6. The number of benzene rings is 1. The van der Waals surface area contributed by atoms with Gasteiger partial charge in [-0.1, -0.05) is 6.07 Å². The summed E-state index contributed by atoms with van der Waals surface area (Å²) in [6, 6.07) is 5.43. The molecule has 0 spiro atoms. The van der Waals surface area contributed by atoms with E-state index in [1.54, 1.807) is 6.07 Å². The number of carbonyl (C=O) groups is 1. The fraction of sp³-hybridized carbons (Fsp3) is 0.417. The molecular formula is C12H17ClN2O2. The molecule has 0 unspecified atom stereocenters. The number of rotatable bonds is 1. The number of amides is 1. The van der Waals surface area contributed by atoms with E-state index < -0.39 is 0 Å². The van der Waals surface area contributed by atoms with Crippen molar-refractivity contribution in [3.05, 3.63) is 29.3 Å². The normalized spacial score (nSPS) is 15.2. The maximum Gasteiger partial charge on any atom is 0.254 e. The Balaban J connectivity index is 0.00000144. The molecule has 0 aliphatic carbocycles. The largest absolute Gasteiger partial charge is 0.399 e. The molecule has 0 bridgehead atoms. The van der Waals surface area contributed by atoms with E-state index >= 15 is 0 Å². The summed E-state index contributed by atoms with van der Waals surface area (Å²) in [4.78, 5) is 14.0. The smallest absolute Gasteiger partial charge is 0.254 e. The number of carbonyl (C=O) groups excluding carboxylic acids is 1. The van der Waals surface area contributed by atoms with Gasteiger partial charge in [0.15, 0.2) is 0 Å². The minimum absolute atomic E-state index is 0. The van der Waals surface area contributed by atoms with Gasteiger partial charge in [0.05, 0.1) is 13.2 Å². The fourth-order valence-electron chi connectivity index (χ4n) is 1.81. The predicted octanol–water partition coefficient (Wildman–Crippen LogP) is 1.47. The highest BCUT2D eigenvalue weighted by molar-refractivity contribution is 5.96. The lowest BCUT2D eigenvalue weighted by molar-refractivity contribution is 0.0302. The second-order valence-corrected chi connectivity index (χ2v) is 3.98. The molecule has 1 saturated heterocycles. The van der Waals surface area contributed by atoms with Crippen molar-refractivity contribution in [3.63, 3.8) is 0 Å². The molecule has 4 nitrogen and oxygen atoms in total. The van der Waals surface area contributed by atoms with Crippen molar-refractivity contribution in [2.75, 3.05) is 32.0 Å². The van der Waals surface area contributed by atoms with E-state index in [1.165, 1.54) is 0 Å². The van der Waals surface area contributed by atoms with Crippen LogP contribution in [0.1, 0.15) is 15.9 Å². The summed E-state index contributed by atoms with van der Waals surface area (Å²) >= 11 is 0. The molecule has 1 fully saturated rings. The molecule has 1 amide bonds. The van der Waals surface area contributed by atoms with E-state index in [2.05, 4.69) is 0 Å². The van der Waals surface area contributed by atoms with Crippen LogP contribution < -0.4 is 5.73 Å². The highest BCUT2D eigenvalue weighted by Gasteiger charge is 2.19. The van der Waals surface area contributed by atoms with E-state index in [4.69, 9.17) is 10.5 Å². The van der Waals surface area contributed by atoms with E-state index in [1.807, 2.05) is 24.0 Å². The van der Waals surface area contributed by atoms with Crippen molar-refractivity contribution in [1.29, 1.82) is 0 Å². The topological polar surface area (TPSA) is 55.6 Å². The summed E-state index contributed by atoms with van der Waals surface area (Å²) < 4.78 is 5.22. The lowest BCUT2D eigenvalue weighted by Gasteiger charge is -2.27. The summed E-state index contributed by atoms with van der Waals surface area (Å²) in [5.41, 5.74) is 7.99. The third kappa shape index (κ3) is 3.11. The van der Waals surface area contributed by atoms with Gasteiger partial charge in [-0.05, 0) is 24.6 Å². The lowest BCUT2D eigenvalue weighted by atomic mass is 10.1. The van der Waals surface area contributed by atoms with Gasteiger partial charge in [-0.3, -0.25) is 4.79 Å². The zero-order valence-electron chi connectivity index (χ0n) is 9.81. The first-order valence-corrected chi connectivity index (χ1v) is 5.41. The lowest BCUT2D eigenvalue weighted by Crippen LogP contribution is -2.40. The molecule has 0 aromatic heterocycles. The summed E-state index contributed by atoms with van der Waals surface area (Å²) in [5.74, 6) is 0.0492. The number of hydrogen-bond donors (Lipinski definition) is 1. The van der Waals surface area contributed by atoms with Crippen LogP contribution in [0.5, 0.6) is 0 Å². The minimum Gasteiger partial charge on any atom is -0.399 e. The molecule has 0 radical (unpaired) electrons. The Morgan fingerprint density at radius 2 is 2.00 bits per heavy atom. The second kappa shape index (κ2) is 5.89. The van der Waals surface area contributed by atoms with Gasteiger partial charge >= 0.3 is 0 Å². The van der Waals surface area contributed by atoms with Crippen LogP contribution in [-0.2, 0) is 4.74 Å². The van der Waals surface area contributed by atoms with Crippen molar-refractivity contribution >= 4 is 24.0 Å². The monoisotopic (exact) mass is 256 g/mol. The molecule has 94 valence electrons. The number of ether oxygens (including phenoxy) is 1. The van der Waals surface area contributed by atoms with E-state index in [0.717, 1.165) is 5.56 Å². The minimum atomic E-state index is 0. The van der Waals surface area contributed by atoms with Gasteiger partial charge in [0, 0.05) is 24.3 Å². The molecule has 1 heterocycles. The van der Waals surface area contributed by atoms with Crippen LogP contribution in [0.3, 0.4) is 0 Å². The molecule has 0 saturated carbocycles. The summed E-state index contributed by atoms with van der Waals surface area (Å²) in [5, 5.41) is 0. The van der Waals surface area contributed by atoms with Crippen molar-refractivity contribution in [2.45, 2.75) is 6.92 Å². The number of nitrogens with zero attached hydrogens (tertiary/aromatic N) is 1. The van der Waals surface area contributed by atoms with Crippen molar-refractivity contribution in [2.24, 2.45) is 0 Å². The SMILES string of the molecule is Cc1ccc(N)cc1C(=O)N1CCOCC1.Cl. The van der Waals surface area contributed by atoms with Crippen LogP contribution in [0.25, 0.3) is 0 Å². The number of nitrogen functional groups attached to an aromatic ring is 1. The quantitative estimate of drug-likeness (QED) is 0.775. The van der Waals surface area contributed by atoms with E-state index in [0.29, 0.717) is 37.6 Å². The van der Waals surface area contributed by atoms with Crippen LogP contribution in [0.4, 0.5) is 5.69 Å². The van der Waals surface area contributed by atoms with Crippen LogP contribution >= 0.6 is 12.4 Å². The number of halogens is 1. The summed E-state index contributed by atoms with van der Waals surface area (Å²) in [7, 11) is 0. The number of nitrogens with two attached hydrogens (primary N) is 1. The Bertz CT molecular complexity index is 403. The van der Waals surface area contributed by atoms with Gasteiger partial charge in [-0.25, -0.2) is 0 Å². The molecule has 1 aromatic carbocycles. The van der Waals surface area contributed by atoms with Crippen molar-refractivity contribution in [3.8, 4) is 0 Å². The van der Waals surface area contributed by atoms with Crippen LogP contribution in [-0.4, -0.2) is 37.1 Å². The average Bonchev–Trinajstić information content (AvgIpc) is 2.32. The molecular weight excluding hydrogens is 240 g/mol. The maximum atomic E-state index is 12.2. The Hall–Kier alpha value is -1.26. The predicted molar refractivity (Wildman–Crippen MR) is 69.6 cm³/mol. The Morgan fingerprint density at radius 1 is 1.35 bits per heavy atom. The number of anilines is 1. The van der Waals surface area contributed by atoms with Gasteiger partial charge in [-0.15, -0.1) is 12.4 Å². The third-order valence-corrected chi connectivity index (χ3v) is 2.79. The van der Waals surface area contributed by atoms with Gasteiger partial charge in [0.1, 0.15) is 0 Å². The Morgan fingerprint density at radius 3 is 2.65 bits per heavy atom. The van der Waals surface area contributed by atoms with Crippen LogP contribution in [0.15, 0.2) is 18.2 Å². The van der Waals surface area contributed by atoms with Gasteiger partial charge in [-0.2, -0.15) is 0 Å². The Labute approximate surface area is 107 Å². The first kappa shape index (κ1) is 13.8. The van der Waals surface area contributed by atoms with Gasteiger partial charge in [0.2, 0.25) is 0 Å². The van der Waals surface area contributed by atoms with Gasteiger partial charge in [0.25, 0.3) is 5.91 Å². The van der Waals surface area contributed by atoms with Crippen LogP contribution in [0, 0.1) is 6.92 Å².